The van der Waals surface area contributed by atoms with E-state index >= 15 is 0 Å². The van der Waals surface area contributed by atoms with Crippen molar-refractivity contribution >= 4 is 55.0 Å². The van der Waals surface area contributed by atoms with Crippen LogP contribution in [0, 0.1) is 12.8 Å². The van der Waals surface area contributed by atoms with Crippen molar-refractivity contribution in [2.75, 3.05) is 0 Å². The van der Waals surface area contributed by atoms with Gasteiger partial charge in [-0.2, -0.15) is 0 Å². The monoisotopic (exact) mass is 746 g/mol. The van der Waals surface area contributed by atoms with E-state index in [9.17, 15) is 0 Å². The van der Waals surface area contributed by atoms with Crippen LogP contribution in [0.3, 0.4) is 0 Å². The zero-order chi connectivity index (χ0) is 38.7. The van der Waals surface area contributed by atoms with Crippen molar-refractivity contribution in [1.29, 1.82) is 0 Å². The summed E-state index contributed by atoms with van der Waals surface area (Å²) in [6.07, 6.45) is 17.0. The van der Waals surface area contributed by atoms with E-state index in [-0.39, 0.29) is 0 Å². The molecule has 276 valence electrons. The van der Waals surface area contributed by atoms with Gasteiger partial charge < -0.3 is 0 Å². The third-order valence-electron chi connectivity index (χ3n) is 11.6. The fraction of sp³-hybridized carbons (Fsp3) is 0.0769. The first kappa shape index (κ1) is 33.9. The Balaban J connectivity index is 1.04. The van der Waals surface area contributed by atoms with Crippen LogP contribution in [-0.4, -0.2) is 29.1 Å². The van der Waals surface area contributed by atoms with Gasteiger partial charge >= 0.3 is 0 Å². The number of aromatic nitrogens is 6. The maximum atomic E-state index is 5.00. The second-order valence-electron chi connectivity index (χ2n) is 15.4. The molecule has 1 unspecified atom stereocenters. The Hall–Kier alpha value is -7.44. The summed E-state index contributed by atoms with van der Waals surface area (Å²) in [7, 11) is 0. The third-order valence-corrected chi connectivity index (χ3v) is 11.6. The van der Waals surface area contributed by atoms with Crippen LogP contribution in [0.5, 0.6) is 0 Å². The van der Waals surface area contributed by atoms with Crippen LogP contribution >= 0.6 is 0 Å². The van der Waals surface area contributed by atoms with Crippen molar-refractivity contribution in [3.8, 4) is 33.6 Å². The highest BCUT2D eigenvalue weighted by Gasteiger charge is 2.21. The summed E-state index contributed by atoms with van der Waals surface area (Å²) in [6, 6.07) is 45.7. The van der Waals surface area contributed by atoms with E-state index in [4.69, 9.17) is 9.97 Å². The Morgan fingerprint density at radius 3 is 1.84 bits per heavy atom. The predicted octanol–water partition coefficient (Wildman–Crippen LogP) is 12.6. The van der Waals surface area contributed by atoms with Gasteiger partial charge in [-0.25, -0.2) is 9.97 Å². The molecule has 6 heteroatoms. The summed E-state index contributed by atoms with van der Waals surface area (Å²) in [4.78, 5) is 18.7. The van der Waals surface area contributed by atoms with Crippen LogP contribution in [0.25, 0.3) is 88.6 Å². The highest BCUT2D eigenvalue weighted by atomic mass is 15.1. The molecule has 1 atom stereocenters. The van der Waals surface area contributed by atoms with Gasteiger partial charge in [-0.05, 0) is 143 Å². The molecule has 0 bridgehead atoms. The Morgan fingerprint density at radius 2 is 1.12 bits per heavy atom. The highest BCUT2D eigenvalue weighted by Crippen LogP contribution is 2.40. The predicted molar refractivity (Wildman–Crippen MR) is 238 cm³/mol. The molecule has 0 saturated carbocycles. The summed E-state index contributed by atoms with van der Waals surface area (Å²) < 4.78 is 4.63. The Bertz CT molecular complexity index is 3280. The normalized spacial score (nSPS) is 14.3. The summed E-state index contributed by atoms with van der Waals surface area (Å²) in [5, 5.41) is 4.58. The van der Waals surface area contributed by atoms with Crippen LogP contribution in [-0.2, 0) is 0 Å². The zero-order valence-electron chi connectivity index (χ0n) is 32.2. The Kier molecular flexibility index (Phi) is 7.96. The van der Waals surface area contributed by atoms with Crippen LogP contribution in [0.15, 0.2) is 177 Å². The summed E-state index contributed by atoms with van der Waals surface area (Å²) in [6.45, 7) is 4.48. The van der Waals surface area contributed by atoms with Crippen molar-refractivity contribution in [1.82, 2.24) is 29.1 Å². The van der Waals surface area contributed by atoms with Crippen LogP contribution in [0.4, 0.5) is 0 Å². The second kappa shape index (κ2) is 13.6. The SMILES string of the molecule is Cc1ccc(-n2c3ccc(-c4cccc(-c5cccnc5)c4)cc3c3cccnc32)cc1-n1c2ccc(C3=CC(C)CC(c4cccnc4)=C3)cc2c2cccnc21. The van der Waals surface area contributed by atoms with E-state index in [0.717, 1.165) is 84.1 Å². The largest absolute Gasteiger partial charge is 0.294 e. The average Bonchev–Trinajstić information content (AvgIpc) is 3.79. The van der Waals surface area contributed by atoms with Crippen molar-refractivity contribution in [3.05, 3.63) is 193 Å². The number of hydrogen-bond donors (Lipinski definition) is 0. The molecular formula is C52H38N6. The molecular weight excluding hydrogens is 709 g/mol. The molecule has 0 fully saturated rings. The highest BCUT2D eigenvalue weighted by molar-refractivity contribution is 6.10. The molecule has 6 heterocycles. The molecule has 6 nitrogen and oxygen atoms in total. The molecule has 0 aliphatic heterocycles. The maximum Gasteiger partial charge on any atom is 0.145 e. The van der Waals surface area contributed by atoms with Gasteiger partial charge in [0.1, 0.15) is 11.3 Å². The zero-order valence-corrected chi connectivity index (χ0v) is 32.2. The smallest absolute Gasteiger partial charge is 0.145 e. The van der Waals surface area contributed by atoms with E-state index in [0.29, 0.717) is 5.92 Å². The molecule has 1 aliphatic carbocycles. The number of rotatable bonds is 6. The van der Waals surface area contributed by atoms with Gasteiger partial charge in [0.15, 0.2) is 0 Å². The topological polar surface area (TPSA) is 61.4 Å². The quantitative estimate of drug-likeness (QED) is 0.170. The summed E-state index contributed by atoms with van der Waals surface area (Å²) in [5.74, 6) is 0.421. The first-order valence-corrected chi connectivity index (χ1v) is 19.8. The van der Waals surface area contributed by atoms with Crippen LogP contribution in [0.1, 0.15) is 30.0 Å². The standard InChI is InChI=1S/C52H38N6/c1-33-24-41(27-42(25-33)40-11-5-21-54-32-40)38-16-19-49-47(29-38)45-13-7-23-56-52(45)58(49)50-30-43(17-14-34(50)2)57-48-18-15-37(28-46(48)44-12-6-22-55-51(44)57)35-8-3-9-36(26-35)39-10-4-20-53-31-39/h3-24,26-33H,25H2,1-2H3. The number of fused-ring (bicyclic) bond motifs is 6. The van der Waals surface area contributed by atoms with E-state index in [1.54, 1.807) is 0 Å². The number of allylic oxidation sites excluding steroid dienone is 4. The molecule has 0 radical (unpaired) electrons. The van der Waals surface area contributed by atoms with Gasteiger partial charge in [0.25, 0.3) is 0 Å². The van der Waals surface area contributed by atoms with Gasteiger partial charge in [-0.15, -0.1) is 0 Å². The first-order chi connectivity index (χ1) is 28.6. The molecule has 0 saturated heterocycles. The molecule has 11 rings (SSSR count). The van der Waals surface area contributed by atoms with Crippen molar-refractivity contribution in [2.45, 2.75) is 20.3 Å². The lowest BCUT2D eigenvalue weighted by Gasteiger charge is -2.19. The van der Waals surface area contributed by atoms with Gasteiger partial charge in [-0.3, -0.25) is 19.1 Å². The fourth-order valence-electron chi connectivity index (χ4n) is 8.89. The lowest BCUT2D eigenvalue weighted by atomic mass is 9.86. The summed E-state index contributed by atoms with van der Waals surface area (Å²) in [5.41, 5.74) is 16.9. The third kappa shape index (κ3) is 5.64. The second-order valence-corrected chi connectivity index (χ2v) is 15.4. The molecule has 4 aromatic carbocycles. The van der Waals surface area contributed by atoms with E-state index in [1.807, 2.05) is 61.4 Å². The van der Waals surface area contributed by atoms with E-state index in [1.165, 1.54) is 27.7 Å². The number of hydrogen-bond acceptors (Lipinski definition) is 4. The molecule has 0 N–H and O–H groups in total. The number of benzene rings is 4. The lowest BCUT2D eigenvalue weighted by Crippen LogP contribution is -2.02. The van der Waals surface area contributed by atoms with Gasteiger partial charge in [-0.1, -0.05) is 67.6 Å². The van der Waals surface area contributed by atoms with Crippen LogP contribution in [0.2, 0.25) is 0 Å². The minimum absolute atomic E-state index is 0.421. The minimum Gasteiger partial charge on any atom is -0.294 e. The lowest BCUT2D eigenvalue weighted by molar-refractivity contribution is 0.751. The number of pyridine rings is 4. The average molecular weight is 747 g/mol. The molecule has 0 spiro atoms. The molecule has 0 amide bonds. The number of aryl methyl sites for hydroxylation is 1. The molecule has 10 aromatic rings. The van der Waals surface area contributed by atoms with Gasteiger partial charge in [0.2, 0.25) is 0 Å². The Labute approximate surface area is 336 Å². The van der Waals surface area contributed by atoms with E-state index in [2.05, 4.69) is 148 Å². The van der Waals surface area contributed by atoms with Gasteiger partial charge in [0, 0.05) is 70.0 Å². The van der Waals surface area contributed by atoms with Crippen molar-refractivity contribution in [2.24, 2.45) is 5.92 Å². The van der Waals surface area contributed by atoms with Crippen molar-refractivity contribution < 1.29 is 0 Å². The maximum absolute atomic E-state index is 5.00. The first-order valence-electron chi connectivity index (χ1n) is 19.8. The molecule has 6 aromatic heterocycles. The van der Waals surface area contributed by atoms with Crippen LogP contribution < -0.4 is 0 Å². The minimum atomic E-state index is 0.421. The fourth-order valence-corrected chi connectivity index (χ4v) is 8.89. The molecule has 58 heavy (non-hydrogen) atoms. The Morgan fingerprint density at radius 1 is 0.517 bits per heavy atom. The van der Waals surface area contributed by atoms with E-state index < -0.39 is 0 Å². The number of nitrogens with zero attached hydrogens (tertiary/aromatic N) is 6. The van der Waals surface area contributed by atoms with Crippen molar-refractivity contribution in [3.63, 3.8) is 0 Å². The van der Waals surface area contributed by atoms with Gasteiger partial charge in [0.05, 0.1) is 16.7 Å². The summed E-state index contributed by atoms with van der Waals surface area (Å²) >= 11 is 0. The molecule has 1 aliphatic rings.